The first-order chi connectivity index (χ1) is 36.5. The van der Waals surface area contributed by atoms with E-state index in [9.17, 15) is 19.0 Å². The fraction of sp³-hybridized carbons (Fsp3) is 0.723. The second kappa shape index (κ2) is 55.7. The molecule has 0 saturated heterocycles. The number of hydrogen-bond acceptors (Lipinski definition) is 7. The summed E-state index contributed by atoms with van der Waals surface area (Å²) in [5.41, 5.74) is 0. The molecule has 1 N–H and O–H groups in total. The van der Waals surface area contributed by atoms with Crippen LogP contribution in [0.1, 0.15) is 251 Å². The Kier molecular flexibility index (Phi) is 53.4. The van der Waals surface area contributed by atoms with Gasteiger partial charge in [0.15, 0.2) is 6.10 Å². The molecule has 0 heterocycles. The lowest BCUT2D eigenvalue weighted by Crippen LogP contribution is -2.37. The third-order valence-electron chi connectivity index (χ3n) is 12.9. The van der Waals surface area contributed by atoms with E-state index in [2.05, 4.69) is 111 Å². The standard InChI is InChI=1S/C65H114NO8P/c1-6-8-10-12-14-16-18-20-21-22-23-24-25-26-27-28-29-30-31-32-33-34-35-36-37-38-39-40-41-42-43-44-45-46-48-50-52-54-56-58-65(68)74-63(62-73-75(69,70)72-60-59-66(3,4)5)61-71-64(67)57-55-53-51-49-47-19-17-15-13-11-9-7-2/h8,10,14,16,20-21,23-24,26-27,29-30,32-33,35-36,63H,6-7,9,11-13,15,17-19,22,25,28,31,34,37-62H2,1-5H3/p+1/b10-8-,16-14-,21-20-,24-23-,27-26-,30-29-,33-32-,36-35-. The van der Waals surface area contributed by atoms with Crippen LogP contribution in [0, 0.1) is 0 Å². The van der Waals surface area contributed by atoms with E-state index in [-0.39, 0.29) is 32.0 Å². The lowest BCUT2D eigenvalue weighted by molar-refractivity contribution is -0.870. The van der Waals surface area contributed by atoms with Crippen molar-refractivity contribution < 1.29 is 42.1 Å². The first kappa shape index (κ1) is 71.9. The van der Waals surface area contributed by atoms with Crippen molar-refractivity contribution in [3.05, 3.63) is 97.2 Å². The summed E-state index contributed by atoms with van der Waals surface area (Å²) in [5.74, 6) is -0.795. The first-order valence-electron chi connectivity index (χ1n) is 30.5. The summed E-state index contributed by atoms with van der Waals surface area (Å²) in [6.45, 7) is 4.32. The van der Waals surface area contributed by atoms with Gasteiger partial charge < -0.3 is 18.9 Å². The van der Waals surface area contributed by atoms with Crippen molar-refractivity contribution in [3.8, 4) is 0 Å². The first-order valence-corrected chi connectivity index (χ1v) is 32.0. The molecule has 0 aromatic heterocycles. The second-order valence-corrected chi connectivity index (χ2v) is 22.8. The summed E-state index contributed by atoms with van der Waals surface area (Å²) in [4.78, 5) is 35.6. The predicted molar refractivity (Wildman–Crippen MR) is 321 cm³/mol. The number of phosphoric acid groups is 1. The number of phosphoric ester groups is 1. The van der Waals surface area contributed by atoms with Crippen LogP contribution < -0.4 is 0 Å². The van der Waals surface area contributed by atoms with Crippen LogP contribution in [0.3, 0.4) is 0 Å². The number of esters is 2. The van der Waals surface area contributed by atoms with Gasteiger partial charge >= 0.3 is 19.8 Å². The van der Waals surface area contributed by atoms with Crippen LogP contribution in [0.25, 0.3) is 0 Å². The number of allylic oxidation sites excluding steroid dienone is 16. The van der Waals surface area contributed by atoms with E-state index in [1.807, 2.05) is 21.1 Å². The molecule has 0 spiro atoms. The number of ether oxygens (including phenoxy) is 2. The van der Waals surface area contributed by atoms with Crippen molar-refractivity contribution in [1.82, 2.24) is 0 Å². The summed E-state index contributed by atoms with van der Waals surface area (Å²) in [7, 11) is 1.48. The highest BCUT2D eigenvalue weighted by atomic mass is 31.2. The van der Waals surface area contributed by atoms with E-state index in [1.165, 1.54) is 128 Å². The van der Waals surface area contributed by atoms with Gasteiger partial charge in [0.25, 0.3) is 0 Å². The highest BCUT2D eigenvalue weighted by Gasteiger charge is 2.27. The van der Waals surface area contributed by atoms with E-state index in [0.29, 0.717) is 17.4 Å². The molecule has 432 valence electrons. The van der Waals surface area contributed by atoms with Crippen LogP contribution >= 0.6 is 7.82 Å². The molecule has 0 aliphatic heterocycles. The Labute approximate surface area is 462 Å². The topological polar surface area (TPSA) is 108 Å². The Morgan fingerprint density at radius 2 is 0.760 bits per heavy atom. The molecular formula is C65H115NO8P+. The van der Waals surface area contributed by atoms with Crippen molar-refractivity contribution >= 4 is 19.8 Å². The van der Waals surface area contributed by atoms with Crippen LogP contribution in [0.4, 0.5) is 0 Å². The highest BCUT2D eigenvalue weighted by molar-refractivity contribution is 7.47. The lowest BCUT2D eigenvalue weighted by atomic mass is 10.0. The summed E-state index contributed by atoms with van der Waals surface area (Å²) in [5, 5.41) is 0. The third-order valence-corrected chi connectivity index (χ3v) is 13.9. The largest absolute Gasteiger partial charge is 0.472 e. The molecule has 10 heteroatoms. The number of rotatable bonds is 55. The zero-order valence-electron chi connectivity index (χ0n) is 49.0. The normalized spacial score (nSPS) is 13.9. The number of unbranched alkanes of at least 4 members (excludes halogenated alkanes) is 25. The smallest absolute Gasteiger partial charge is 0.462 e. The summed E-state index contributed by atoms with van der Waals surface area (Å²) in [6, 6.07) is 0. The number of carbonyl (C=O) groups excluding carboxylic acids is 2. The van der Waals surface area contributed by atoms with Gasteiger partial charge in [-0.1, -0.05) is 259 Å². The zero-order valence-corrected chi connectivity index (χ0v) is 49.9. The molecule has 9 nitrogen and oxygen atoms in total. The van der Waals surface area contributed by atoms with Gasteiger partial charge in [-0.15, -0.1) is 0 Å². The van der Waals surface area contributed by atoms with E-state index in [1.54, 1.807) is 0 Å². The van der Waals surface area contributed by atoms with E-state index >= 15 is 0 Å². The van der Waals surface area contributed by atoms with Gasteiger partial charge in [-0.05, 0) is 77.0 Å². The number of likely N-dealkylation sites (N-methyl/N-ethyl adjacent to an activating group) is 1. The van der Waals surface area contributed by atoms with Crippen LogP contribution in [0.5, 0.6) is 0 Å². The second-order valence-electron chi connectivity index (χ2n) is 21.4. The highest BCUT2D eigenvalue weighted by Crippen LogP contribution is 2.43. The van der Waals surface area contributed by atoms with Gasteiger partial charge in [-0.25, -0.2) is 4.57 Å². The van der Waals surface area contributed by atoms with Gasteiger partial charge in [0, 0.05) is 12.8 Å². The molecule has 0 aliphatic rings. The molecule has 2 unspecified atom stereocenters. The Morgan fingerprint density at radius 3 is 1.13 bits per heavy atom. The Hall–Kier alpha value is -3.07. The summed E-state index contributed by atoms with van der Waals surface area (Å²) in [6.07, 6.45) is 76.4. The van der Waals surface area contributed by atoms with Gasteiger partial charge in [-0.2, -0.15) is 0 Å². The maximum absolute atomic E-state index is 12.8. The van der Waals surface area contributed by atoms with E-state index in [0.717, 1.165) is 89.9 Å². The van der Waals surface area contributed by atoms with Crippen molar-refractivity contribution in [2.24, 2.45) is 0 Å². The molecule has 0 amide bonds. The maximum atomic E-state index is 12.8. The van der Waals surface area contributed by atoms with Crippen LogP contribution in [-0.4, -0.2) is 74.9 Å². The molecular weight excluding hydrogens is 954 g/mol. The lowest BCUT2D eigenvalue weighted by Gasteiger charge is -2.24. The molecule has 0 aromatic carbocycles. The van der Waals surface area contributed by atoms with Crippen molar-refractivity contribution in [2.75, 3.05) is 47.5 Å². The fourth-order valence-corrected chi connectivity index (χ4v) is 8.95. The molecule has 0 saturated carbocycles. The number of quaternary nitrogens is 1. The molecule has 0 radical (unpaired) electrons. The van der Waals surface area contributed by atoms with Crippen LogP contribution in [0.15, 0.2) is 97.2 Å². The Bertz CT molecular complexity index is 1590. The number of carbonyl (C=O) groups is 2. The van der Waals surface area contributed by atoms with Gasteiger partial charge in [0.05, 0.1) is 27.7 Å². The van der Waals surface area contributed by atoms with Crippen molar-refractivity contribution in [2.45, 2.75) is 258 Å². The molecule has 75 heavy (non-hydrogen) atoms. The SMILES string of the molecule is CC/C=C\C/C=C\C/C=C\C/C=C\C/C=C\C/C=C\C/C=C\C/C=C\CCCCCCCCCCCCCCCCC(=O)OC(COC(=O)CCCCCCCCCCCCCC)COP(=O)(O)OCC[N+](C)(C)C. The Balaban J connectivity index is 4.00. The molecule has 0 aromatic rings. The van der Waals surface area contributed by atoms with Crippen molar-refractivity contribution in [1.29, 1.82) is 0 Å². The molecule has 0 aliphatic carbocycles. The van der Waals surface area contributed by atoms with Crippen molar-refractivity contribution in [3.63, 3.8) is 0 Å². The zero-order chi connectivity index (χ0) is 54.9. The van der Waals surface area contributed by atoms with E-state index < -0.39 is 26.5 Å². The predicted octanol–water partition coefficient (Wildman–Crippen LogP) is 19.2. The third kappa shape index (κ3) is 60.0. The molecule has 0 rings (SSSR count). The minimum atomic E-state index is -4.38. The average molecular weight is 1070 g/mol. The summed E-state index contributed by atoms with van der Waals surface area (Å²) < 4.78 is 34.5. The quantitative estimate of drug-likeness (QED) is 0.0211. The fourth-order valence-electron chi connectivity index (χ4n) is 8.21. The van der Waals surface area contributed by atoms with Gasteiger partial charge in [-0.3, -0.25) is 18.6 Å². The number of hydrogen-bond donors (Lipinski definition) is 1. The molecule has 2 atom stereocenters. The van der Waals surface area contributed by atoms with Gasteiger partial charge in [0.2, 0.25) is 0 Å². The van der Waals surface area contributed by atoms with Crippen LogP contribution in [-0.2, 0) is 32.7 Å². The molecule has 0 bridgehead atoms. The number of nitrogens with zero attached hydrogens (tertiary/aromatic N) is 1. The monoisotopic (exact) mass is 1070 g/mol. The minimum absolute atomic E-state index is 0.0303. The average Bonchev–Trinajstić information content (AvgIpc) is 3.37. The molecule has 0 fully saturated rings. The Morgan fingerprint density at radius 1 is 0.427 bits per heavy atom. The summed E-state index contributed by atoms with van der Waals surface area (Å²) >= 11 is 0. The van der Waals surface area contributed by atoms with E-state index in [4.69, 9.17) is 18.5 Å². The minimum Gasteiger partial charge on any atom is -0.462 e. The van der Waals surface area contributed by atoms with Crippen LogP contribution in [0.2, 0.25) is 0 Å². The van der Waals surface area contributed by atoms with Gasteiger partial charge in [0.1, 0.15) is 19.8 Å². The maximum Gasteiger partial charge on any atom is 0.472 e.